The molecule has 1 amide bonds. The van der Waals surface area contributed by atoms with Gasteiger partial charge in [-0.3, -0.25) is 14.2 Å². The molecule has 1 atom stereocenters. The predicted octanol–water partition coefficient (Wildman–Crippen LogP) is 3.87. The minimum atomic E-state index is -0.649. The van der Waals surface area contributed by atoms with E-state index in [1.807, 2.05) is 61.5 Å². The Balaban J connectivity index is 1.66. The second-order valence-corrected chi connectivity index (χ2v) is 8.93. The summed E-state index contributed by atoms with van der Waals surface area (Å²) < 4.78 is 13.1. The maximum atomic E-state index is 13.6. The highest BCUT2D eigenvalue weighted by atomic mass is 32.1. The number of ether oxygens (including phenoxy) is 1. The number of nitrogens with one attached hydrogen (secondary N) is 1. The summed E-state index contributed by atoms with van der Waals surface area (Å²) in [7, 11) is 0. The number of aromatic nitrogens is 1. The number of carbonyl (C=O) groups is 1. The third-order valence-electron chi connectivity index (χ3n) is 5.62. The minimum Gasteiger partial charge on any atom is -0.494 e. The van der Waals surface area contributed by atoms with E-state index >= 15 is 0 Å². The number of hydrogen-bond acceptors (Lipinski definition) is 6. The highest BCUT2D eigenvalue weighted by molar-refractivity contribution is 7.07. The molecule has 0 saturated carbocycles. The second kappa shape index (κ2) is 9.60. The second-order valence-electron chi connectivity index (χ2n) is 7.92. The minimum absolute atomic E-state index is 0.235. The van der Waals surface area contributed by atoms with Crippen molar-refractivity contribution >= 4 is 29.0 Å². The van der Waals surface area contributed by atoms with Gasteiger partial charge in [-0.05, 0) is 55.8 Å². The van der Waals surface area contributed by atoms with E-state index in [0.29, 0.717) is 38.7 Å². The van der Waals surface area contributed by atoms with E-state index < -0.39 is 6.04 Å². The first-order valence-electron chi connectivity index (χ1n) is 11.2. The Kier molecular flexibility index (Phi) is 6.20. The maximum Gasteiger partial charge on any atom is 0.271 e. The topological polar surface area (TPSA) is 85.8 Å². The molecule has 4 aromatic rings. The van der Waals surface area contributed by atoms with Crippen LogP contribution in [-0.4, -0.2) is 17.1 Å². The summed E-state index contributed by atoms with van der Waals surface area (Å²) in [5, 5.41) is 2.95. The van der Waals surface area contributed by atoms with E-state index in [4.69, 9.17) is 9.15 Å². The number of furan rings is 1. The van der Waals surface area contributed by atoms with Crippen molar-refractivity contribution in [1.82, 2.24) is 4.57 Å². The van der Waals surface area contributed by atoms with Crippen LogP contribution in [0.5, 0.6) is 5.75 Å². The Morgan fingerprint density at radius 3 is 2.60 bits per heavy atom. The van der Waals surface area contributed by atoms with Gasteiger partial charge in [0.25, 0.3) is 11.5 Å². The summed E-state index contributed by atoms with van der Waals surface area (Å²) in [5.74, 6) is 0.986. The Morgan fingerprint density at radius 1 is 1.14 bits per heavy atom. The number of thiazole rings is 1. The first kappa shape index (κ1) is 22.6. The lowest BCUT2D eigenvalue weighted by Crippen LogP contribution is -2.40. The number of anilines is 1. The molecule has 8 heteroatoms. The Bertz CT molecular complexity index is 1560. The zero-order valence-corrected chi connectivity index (χ0v) is 20.0. The van der Waals surface area contributed by atoms with Crippen LogP contribution in [0.4, 0.5) is 5.69 Å². The van der Waals surface area contributed by atoms with Crippen molar-refractivity contribution in [2.45, 2.75) is 19.9 Å². The quantitative estimate of drug-likeness (QED) is 0.449. The summed E-state index contributed by atoms with van der Waals surface area (Å²) in [5.41, 5.74) is 2.18. The van der Waals surface area contributed by atoms with Gasteiger partial charge in [0, 0.05) is 11.8 Å². The van der Waals surface area contributed by atoms with Crippen LogP contribution in [0, 0.1) is 0 Å². The van der Waals surface area contributed by atoms with Crippen LogP contribution in [0.2, 0.25) is 0 Å². The van der Waals surface area contributed by atoms with E-state index in [1.165, 1.54) is 11.3 Å². The summed E-state index contributed by atoms with van der Waals surface area (Å²) in [6.07, 6.45) is 3.25. The number of allylic oxidation sites excluding steroid dienone is 1. The molecular weight excluding hydrogens is 462 g/mol. The van der Waals surface area contributed by atoms with Gasteiger partial charge < -0.3 is 14.5 Å². The van der Waals surface area contributed by atoms with Gasteiger partial charge in [-0.2, -0.15) is 0 Å². The van der Waals surface area contributed by atoms with Crippen molar-refractivity contribution in [3.8, 4) is 5.75 Å². The number of carbonyl (C=O) groups excluding carboxylic acids is 1. The van der Waals surface area contributed by atoms with Gasteiger partial charge in [-0.1, -0.05) is 41.7 Å². The Labute approximate surface area is 205 Å². The van der Waals surface area contributed by atoms with Crippen LogP contribution >= 0.6 is 11.3 Å². The van der Waals surface area contributed by atoms with Gasteiger partial charge >= 0.3 is 0 Å². The van der Waals surface area contributed by atoms with Crippen molar-refractivity contribution in [1.29, 1.82) is 0 Å². The standard InChI is InChI=1S/C27H23N3O4S/c1-3-33-20-13-11-18(12-14-20)24-23(25(31)29-19-8-5-4-6-9-19)17(2)28-27-30(24)26(32)22(35-27)16-21-10-7-15-34-21/h4-16,24H,3H2,1-2H3,(H,29,31)/b22-16-/t24-/m1/s1. The average molecular weight is 486 g/mol. The number of amides is 1. The first-order valence-corrected chi connectivity index (χ1v) is 12.0. The molecular formula is C27H23N3O4S. The third-order valence-corrected chi connectivity index (χ3v) is 6.60. The van der Waals surface area contributed by atoms with Gasteiger partial charge in [-0.15, -0.1) is 0 Å². The average Bonchev–Trinajstić information content (AvgIpc) is 3.47. The zero-order valence-electron chi connectivity index (χ0n) is 19.2. The Hall–Kier alpha value is -4.17. The van der Waals surface area contributed by atoms with Crippen LogP contribution < -0.4 is 24.9 Å². The summed E-state index contributed by atoms with van der Waals surface area (Å²) in [6.45, 7) is 4.26. The molecule has 35 heavy (non-hydrogen) atoms. The van der Waals surface area contributed by atoms with E-state index in [2.05, 4.69) is 10.3 Å². The van der Waals surface area contributed by atoms with Crippen LogP contribution in [0.3, 0.4) is 0 Å². The van der Waals surface area contributed by atoms with Gasteiger partial charge in [0.2, 0.25) is 0 Å². The molecule has 3 heterocycles. The highest BCUT2D eigenvalue weighted by Crippen LogP contribution is 2.31. The molecule has 0 radical (unpaired) electrons. The third kappa shape index (κ3) is 4.48. The fraction of sp³-hybridized carbons (Fsp3) is 0.148. The normalized spacial score (nSPS) is 15.5. The molecule has 1 aliphatic rings. The van der Waals surface area contributed by atoms with Crippen LogP contribution in [-0.2, 0) is 4.79 Å². The lowest BCUT2D eigenvalue weighted by Gasteiger charge is -2.25. The Morgan fingerprint density at radius 2 is 1.91 bits per heavy atom. The molecule has 0 bridgehead atoms. The summed E-state index contributed by atoms with van der Waals surface area (Å²) >= 11 is 1.27. The maximum absolute atomic E-state index is 13.6. The molecule has 1 aliphatic heterocycles. The molecule has 0 unspecified atom stereocenters. The molecule has 2 aromatic carbocycles. The fourth-order valence-electron chi connectivity index (χ4n) is 4.06. The van der Waals surface area contributed by atoms with E-state index in [9.17, 15) is 9.59 Å². The van der Waals surface area contributed by atoms with Crippen LogP contribution in [0.25, 0.3) is 6.08 Å². The SMILES string of the molecule is CCOc1ccc([C@@H]2C(C(=O)Nc3ccccc3)=C(C)N=c3s/c(=C\c4ccco4)c(=O)n32)cc1. The van der Waals surface area contributed by atoms with Crippen molar-refractivity contribution in [3.05, 3.63) is 115 Å². The monoisotopic (exact) mass is 485 g/mol. The van der Waals surface area contributed by atoms with Crippen molar-refractivity contribution < 1.29 is 13.9 Å². The zero-order chi connectivity index (χ0) is 24.4. The molecule has 0 aliphatic carbocycles. The van der Waals surface area contributed by atoms with Crippen molar-refractivity contribution in [3.63, 3.8) is 0 Å². The number of para-hydroxylation sites is 1. The van der Waals surface area contributed by atoms with Crippen molar-refractivity contribution in [2.75, 3.05) is 11.9 Å². The summed E-state index contributed by atoms with van der Waals surface area (Å²) in [6, 6.07) is 19.6. The number of hydrogen-bond donors (Lipinski definition) is 1. The molecule has 176 valence electrons. The molecule has 0 saturated heterocycles. The van der Waals surface area contributed by atoms with E-state index in [0.717, 1.165) is 11.3 Å². The number of fused-ring (bicyclic) bond motifs is 1. The number of rotatable bonds is 6. The largest absolute Gasteiger partial charge is 0.494 e. The van der Waals surface area contributed by atoms with Gasteiger partial charge in [0.1, 0.15) is 11.5 Å². The first-order chi connectivity index (χ1) is 17.0. The van der Waals surface area contributed by atoms with E-state index in [1.54, 1.807) is 36.0 Å². The summed E-state index contributed by atoms with van der Waals surface area (Å²) in [4.78, 5) is 32.3. The van der Waals surface area contributed by atoms with Crippen LogP contribution in [0.15, 0.2) is 98.5 Å². The van der Waals surface area contributed by atoms with E-state index in [-0.39, 0.29) is 11.5 Å². The molecule has 2 aromatic heterocycles. The lowest BCUT2D eigenvalue weighted by atomic mass is 9.95. The lowest BCUT2D eigenvalue weighted by molar-refractivity contribution is -0.113. The van der Waals surface area contributed by atoms with Gasteiger partial charge in [0.05, 0.1) is 34.7 Å². The smallest absolute Gasteiger partial charge is 0.271 e. The highest BCUT2D eigenvalue weighted by Gasteiger charge is 2.32. The van der Waals surface area contributed by atoms with Crippen molar-refractivity contribution in [2.24, 2.45) is 4.99 Å². The molecule has 0 fully saturated rings. The van der Waals surface area contributed by atoms with Gasteiger partial charge in [0.15, 0.2) is 4.80 Å². The molecule has 7 nitrogen and oxygen atoms in total. The predicted molar refractivity (Wildman–Crippen MR) is 135 cm³/mol. The van der Waals surface area contributed by atoms with Crippen LogP contribution in [0.1, 0.15) is 31.2 Å². The molecule has 5 rings (SSSR count). The number of benzene rings is 2. The molecule has 0 spiro atoms. The fourth-order valence-corrected chi connectivity index (χ4v) is 5.09. The molecule has 1 N–H and O–H groups in total. The van der Waals surface area contributed by atoms with Gasteiger partial charge in [-0.25, -0.2) is 4.99 Å². The number of nitrogens with zero attached hydrogens (tertiary/aromatic N) is 2.